The van der Waals surface area contributed by atoms with Crippen LogP contribution in [0.5, 0.6) is 5.75 Å². The molecule has 0 aliphatic rings. The molecule has 1 aromatic carbocycles. The number of aliphatic hydroxyl groups excluding tert-OH is 1. The maximum atomic E-state index is 9.73. The summed E-state index contributed by atoms with van der Waals surface area (Å²) in [7, 11) is 3.75. The van der Waals surface area contributed by atoms with Gasteiger partial charge in [0.05, 0.1) is 13.2 Å². The Morgan fingerprint density at radius 1 is 1.39 bits per heavy atom. The molecule has 1 unspecified atom stereocenters. The molecule has 0 aliphatic carbocycles. The lowest BCUT2D eigenvalue weighted by molar-refractivity contribution is 0.0392. The minimum atomic E-state index is -0.315. The lowest BCUT2D eigenvalue weighted by Gasteiger charge is -2.32. The van der Waals surface area contributed by atoms with Gasteiger partial charge < -0.3 is 14.7 Å². The van der Waals surface area contributed by atoms with Gasteiger partial charge in [-0.05, 0) is 31.7 Å². The highest BCUT2D eigenvalue weighted by molar-refractivity contribution is 5.28. The molecule has 0 amide bonds. The van der Waals surface area contributed by atoms with E-state index in [1.807, 2.05) is 25.1 Å². The van der Waals surface area contributed by atoms with Crippen LogP contribution in [0.3, 0.4) is 0 Å². The standard InChI is InChI=1S/C15H25NO2/c1-12(17)15(2,3)11-16(4)10-13-7-6-8-14(9-13)18-5/h6-9,12,17H,10-11H2,1-5H3. The zero-order valence-electron chi connectivity index (χ0n) is 12.1. The molecule has 0 fully saturated rings. The number of nitrogens with zero attached hydrogens (tertiary/aromatic N) is 1. The van der Waals surface area contributed by atoms with Gasteiger partial charge in [-0.2, -0.15) is 0 Å². The minimum absolute atomic E-state index is 0.104. The Bertz CT molecular complexity index is 375. The van der Waals surface area contributed by atoms with Gasteiger partial charge in [-0.15, -0.1) is 0 Å². The molecule has 3 nitrogen and oxygen atoms in total. The molecule has 1 rings (SSSR count). The van der Waals surface area contributed by atoms with Crippen molar-refractivity contribution in [3.8, 4) is 5.75 Å². The highest BCUT2D eigenvalue weighted by atomic mass is 16.5. The number of rotatable bonds is 6. The normalized spacial score (nSPS) is 13.7. The van der Waals surface area contributed by atoms with Gasteiger partial charge in [-0.3, -0.25) is 0 Å². The van der Waals surface area contributed by atoms with E-state index in [1.54, 1.807) is 7.11 Å². The summed E-state index contributed by atoms with van der Waals surface area (Å²) in [4.78, 5) is 2.22. The van der Waals surface area contributed by atoms with Crippen molar-refractivity contribution >= 4 is 0 Å². The fraction of sp³-hybridized carbons (Fsp3) is 0.600. The largest absolute Gasteiger partial charge is 0.497 e. The minimum Gasteiger partial charge on any atom is -0.497 e. The van der Waals surface area contributed by atoms with Crippen LogP contribution in [0.15, 0.2) is 24.3 Å². The number of methoxy groups -OCH3 is 1. The predicted molar refractivity (Wildman–Crippen MR) is 74.8 cm³/mol. The Labute approximate surface area is 110 Å². The van der Waals surface area contributed by atoms with Crippen LogP contribution in [0.4, 0.5) is 0 Å². The highest BCUT2D eigenvalue weighted by Crippen LogP contribution is 2.22. The fourth-order valence-corrected chi connectivity index (χ4v) is 1.97. The molecule has 0 saturated carbocycles. The zero-order chi connectivity index (χ0) is 13.8. The molecule has 18 heavy (non-hydrogen) atoms. The van der Waals surface area contributed by atoms with E-state index in [2.05, 4.69) is 31.9 Å². The number of hydrogen-bond acceptors (Lipinski definition) is 3. The van der Waals surface area contributed by atoms with Crippen molar-refractivity contribution in [1.29, 1.82) is 0 Å². The summed E-state index contributed by atoms with van der Waals surface area (Å²) in [6.45, 7) is 7.72. The van der Waals surface area contributed by atoms with Crippen LogP contribution >= 0.6 is 0 Å². The monoisotopic (exact) mass is 251 g/mol. The summed E-state index contributed by atoms with van der Waals surface area (Å²) in [6, 6.07) is 8.09. The van der Waals surface area contributed by atoms with E-state index in [-0.39, 0.29) is 11.5 Å². The molecule has 0 saturated heterocycles. The fourth-order valence-electron chi connectivity index (χ4n) is 1.97. The molecular weight excluding hydrogens is 226 g/mol. The van der Waals surface area contributed by atoms with E-state index in [1.165, 1.54) is 5.56 Å². The quantitative estimate of drug-likeness (QED) is 0.843. The van der Waals surface area contributed by atoms with E-state index >= 15 is 0 Å². The maximum absolute atomic E-state index is 9.73. The Balaban J connectivity index is 2.61. The van der Waals surface area contributed by atoms with Crippen molar-refractivity contribution in [1.82, 2.24) is 4.90 Å². The number of benzene rings is 1. The second kappa shape index (κ2) is 6.21. The summed E-state index contributed by atoms with van der Waals surface area (Å²) in [5.74, 6) is 0.885. The van der Waals surface area contributed by atoms with Crippen LogP contribution in [0.1, 0.15) is 26.3 Å². The summed E-state index contributed by atoms with van der Waals surface area (Å²) >= 11 is 0. The van der Waals surface area contributed by atoms with Gasteiger partial charge in [-0.1, -0.05) is 26.0 Å². The van der Waals surface area contributed by atoms with Crippen LogP contribution in [0.25, 0.3) is 0 Å². The third kappa shape index (κ3) is 4.31. The summed E-state index contributed by atoms with van der Waals surface area (Å²) in [5, 5.41) is 9.73. The third-order valence-electron chi connectivity index (χ3n) is 3.40. The van der Waals surface area contributed by atoms with Crippen LogP contribution in [0, 0.1) is 5.41 Å². The van der Waals surface area contributed by atoms with Crippen molar-refractivity contribution in [3.63, 3.8) is 0 Å². The van der Waals surface area contributed by atoms with E-state index in [0.29, 0.717) is 0 Å². The third-order valence-corrected chi connectivity index (χ3v) is 3.40. The van der Waals surface area contributed by atoms with Crippen molar-refractivity contribution in [3.05, 3.63) is 29.8 Å². The van der Waals surface area contributed by atoms with Gasteiger partial charge in [0.2, 0.25) is 0 Å². The molecule has 0 aliphatic heterocycles. The first-order valence-electron chi connectivity index (χ1n) is 6.34. The first kappa shape index (κ1) is 15.0. The Morgan fingerprint density at radius 2 is 2.06 bits per heavy atom. The lowest BCUT2D eigenvalue weighted by Crippen LogP contribution is -2.38. The van der Waals surface area contributed by atoms with Gasteiger partial charge in [-0.25, -0.2) is 0 Å². The topological polar surface area (TPSA) is 32.7 Å². The van der Waals surface area contributed by atoms with Crippen molar-refractivity contribution in [2.75, 3.05) is 20.7 Å². The SMILES string of the molecule is COc1cccc(CN(C)CC(C)(C)C(C)O)c1. The molecule has 0 bridgehead atoms. The van der Waals surface area contributed by atoms with Gasteiger partial charge in [0.25, 0.3) is 0 Å². The zero-order valence-corrected chi connectivity index (χ0v) is 12.1. The second-order valence-corrected chi connectivity index (χ2v) is 5.69. The van der Waals surface area contributed by atoms with Gasteiger partial charge in [0, 0.05) is 18.5 Å². The van der Waals surface area contributed by atoms with Crippen LogP contribution in [-0.2, 0) is 6.54 Å². The van der Waals surface area contributed by atoms with Gasteiger partial charge in [0.15, 0.2) is 0 Å². The summed E-state index contributed by atoms with van der Waals surface area (Å²) < 4.78 is 5.22. The first-order valence-corrected chi connectivity index (χ1v) is 6.34. The lowest BCUT2D eigenvalue weighted by atomic mass is 9.87. The molecule has 0 radical (unpaired) electrons. The number of ether oxygens (including phenoxy) is 1. The highest BCUT2D eigenvalue weighted by Gasteiger charge is 2.25. The first-order chi connectivity index (χ1) is 8.35. The van der Waals surface area contributed by atoms with Gasteiger partial charge >= 0.3 is 0 Å². The number of hydrogen-bond donors (Lipinski definition) is 1. The smallest absolute Gasteiger partial charge is 0.119 e. The Kier molecular flexibility index (Phi) is 5.17. The van der Waals surface area contributed by atoms with Crippen LogP contribution < -0.4 is 4.74 Å². The molecule has 0 aromatic heterocycles. The number of aliphatic hydroxyl groups is 1. The maximum Gasteiger partial charge on any atom is 0.119 e. The summed E-state index contributed by atoms with van der Waals surface area (Å²) in [6.07, 6.45) is -0.315. The molecule has 0 spiro atoms. The molecular formula is C15H25NO2. The summed E-state index contributed by atoms with van der Waals surface area (Å²) in [5.41, 5.74) is 1.12. The predicted octanol–water partition coefficient (Wildman–Crippen LogP) is 2.53. The van der Waals surface area contributed by atoms with E-state index in [0.717, 1.165) is 18.8 Å². The van der Waals surface area contributed by atoms with E-state index in [9.17, 15) is 5.11 Å². The average Bonchev–Trinajstić information content (AvgIpc) is 2.28. The van der Waals surface area contributed by atoms with Crippen molar-refractivity contribution < 1.29 is 9.84 Å². The molecule has 1 N–H and O–H groups in total. The van der Waals surface area contributed by atoms with Crippen molar-refractivity contribution in [2.45, 2.75) is 33.4 Å². The molecule has 0 heterocycles. The average molecular weight is 251 g/mol. The van der Waals surface area contributed by atoms with Gasteiger partial charge in [0.1, 0.15) is 5.75 Å². The van der Waals surface area contributed by atoms with E-state index in [4.69, 9.17) is 4.74 Å². The second-order valence-electron chi connectivity index (χ2n) is 5.69. The van der Waals surface area contributed by atoms with E-state index < -0.39 is 0 Å². The van der Waals surface area contributed by atoms with Crippen molar-refractivity contribution in [2.24, 2.45) is 5.41 Å². The molecule has 1 aromatic rings. The molecule has 102 valence electrons. The Morgan fingerprint density at radius 3 is 2.61 bits per heavy atom. The van der Waals surface area contributed by atoms with Crippen LogP contribution in [0.2, 0.25) is 0 Å². The Hall–Kier alpha value is -1.06. The van der Waals surface area contributed by atoms with Crippen LogP contribution in [-0.4, -0.2) is 36.8 Å². The molecule has 1 atom stereocenters. The molecule has 3 heteroatoms.